The van der Waals surface area contributed by atoms with Crippen LogP contribution in [-0.4, -0.2) is 32.9 Å². The van der Waals surface area contributed by atoms with E-state index in [0.717, 1.165) is 5.76 Å². The molecule has 3 rings (SSSR count). The van der Waals surface area contributed by atoms with E-state index in [9.17, 15) is 13.2 Å². The lowest BCUT2D eigenvalue weighted by molar-refractivity contribution is 0.0775. The molecule has 0 aliphatic heterocycles. The van der Waals surface area contributed by atoms with Crippen LogP contribution in [0.25, 0.3) is 0 Å². The number of hydrogen-bond donors (Lipinski definition) is 1. The molecule has 1 amide bonds. The molecule has 0 spiro atoms. The predicted octanol–water partition coefficient (Wildman–Crippen LogP) is 4.71. The zero-order chi connectivity index (χ0) is 22.6. The van der Waals surface area contributed by atoms with E-state index >= 15 is 0 Å². The van der Waals surface area contributed by atoms with Gasteiger partial charge in [0.15, 0.2) is 0 Å². The molecule has 0 saturated heterocycles. The number of hydrogen-bond acceptors (Lipinski definition) is 5. The van der Waals surface area contributed by atoms with E-state index in [2.05, 4.69) is 4.72 Å². The van der Waals surface area contributed by atoms with E-state index < -0.39 is 15.9 Å². The van der Waals surface area contributed by atoms with Gasteiger partial charge in [-0.1, -0.05) is 11.6 Å². The fourth-order valence-corrected chi connectivity index (χ4v) is 4.20. The van der Waals surface area contributed by atoms with Gasteiger partial charge in [-0.15, -0.1) is 0 Å². The van der Waals surface area contributed by atoms with E-state index in [1.165, 1.54) is 23.1 Å². The molecule has 31 heavy (non-hydrogen) atoms. The summed E-state index contributed by atoms with van der Waals surface area (Å²) < 4.78 is 39.0. The van der Waals surface area contributed by atoms with Gasteiger partial charge in [-0.2, -0.15) is 0 Å². The van der Waals surface area contributed by atoms with Crippen LogP contribution in [0.2, 0.25) is 5.02 Å². The zero-order valence-corrected chi connectivity index (χ0v) is 19.0. The third-order valence-electron chi connectivity index (χ3n) is 4.43. The number of furan rings is 1. The van der Waals surface area contributed by atoms with Crippen LogP contribution >= 0.6 is 11.6 Å². The minimum atomic E-state index is -3.93. The van der Waals surface area contributed by atoms with Crippen molar-refractivity contribution in [2.45, 2.75) is 25.3 Å². The molecule has 3 aromatic rings. The lowest BCUT2D eigenvalue weighted by Gasteiger charge is -2.17. The Bertz CT molecular complexity index is 1170. The fraction of sp³-hybridized carbons (Fsp3) is 0.227. The second kappa shape index (κ2) is 9.45. The fourth-order valence-electron chi connectivity index (χ4n) is 2.92. The molecule has 0 atom stereocenters. The van der Waals surface area contributed by atoms with Gasteiger partial charge >= 0.3 is 0 Å². The van der Waals surface area contributed by atoms with Crippen LogP contribution in [0, 0.1) is 6.92 Å². The molecular weight excluding hydrogens is 440 g/mol. The molecule has 1 heterocycles. The largest absolute Gasteiger partial charge is 0.494 e. The first kappa shape index (κ1) is 22.7. The highest BCUT2D eigenvalue weighted by atomic mass is 35.5. The Balaban J connectivity index is 1.80. The van der Waals surface area contributed by atoms with Gasteiger partial charge in [0, 0.05) is 12.7 Å². The smallest absolute Gasteiger partial charge is 0.261 e. The highest BCUT2D eigenvalue weighted by Crippen LogP contribution is 2.25. The topological polar surface area (TPSA) is 88.8 Å². The Hall–Kier alpha value is -2.97. The zero-order valence-electron chi connectivity index (χ0n) is 17.4. The number of anilines is 1. The summed E-state index contributed by atoms with van der Waals surface area (Å²) in [5, 5.41) is 0.160. The van der Waals surface area contributed by atoms with Crippen molar-refractivity contribution in [2.24, 2.45) is 0 Å². The summed E-state index contributed by atoms with van der Waals surface area (Å²) in [4.78, 5) is 14.2. The minimum absolute atomic E-state index is 0.0728. The lowest BCUT2D eigenvalue weighted by atomic mass is 10.2. The third-order valence-corrected chi connectivity index (χ3v) is 6.14. The molecule has 0 unspecified atom stereocenters. The number of nitrogens with zero attached hydrogens (tertiary/aromatic N) is 1. The van der Waals surface area contributed by atoms with Crippen LogP contribution in [-0.2, 0) is 16.6 Å². The average Bonchev–Trinajstić information content (AvgIpc) is 3.13. The molecule has 1 aromatic heterocycles. The molecule has 9 heteroatoms. The van der Waals surface area contributed by atoms with Gasteiger partial charge in [0.2, 0.25) is 0 Å². The van der Waals surface area contributed by atoms with Crippen molar-refractivity contribution in [3.8, 4) is 5.75 Å². The number of benzene rings is 2. The van der Waals surface area contributed by atoms with Gasteiger partial charge in [0.05, 0.1) is 28.6 Å². The quantitative estimate of drug-likeness (QED) is 0.523. The van der Waals surface area contributed by atoms with E-state index in [-0.39, 0.29) is 22.0 Å². The SMILES string of the molecule is CCOc1ccc(NS(=O)(=O)c2ccc(Cl)c(C(=O)N(C)Cc3ccc(C)o3)c2)cc1. The Labute approximate surface area is 186 Å². The Morgan fingerprint density at radius 1 is 1.13 bits per heavy atom. The molecule has 0 aliphatic carbocycles. The van der Waals surface area contributed by atoms with Crippen LogP contribution in [0.3, 0.4) is 0 Å². The van der Waals surface area contributed by atoms with Crippen LogP contribution < -0.4 is 9.46 Å². The van der Waals surface area contributed by atoms with Crippen molar-refractivity contribution < 1.29 is 22.4 Å². The van der Waals surface area contributed by atoms with Gasteiger partial charge in [0.1, 0.15) is 17.3 Å². The number of amides is 1. The van der Waals surface area contributed by atoms with Gasteiger partial charge in [-0.3, -0.25) is 9.52 Å². The second-order valence-electron chi connectivity index (χ2n) is 6.88. The van der Waals surface area contributed by atoms with Crippen molar-refractivity contribution in [3.63, 3.8) is 0 Å². The summed E-state index contributed by atoms with van der Waals surface area (Å²) in [6, 6.07) is 14.1. The molecule has 0 aliphatic rings. The molecular formula is C22H23ClN2O5S. The second-order valence-corrected chi connectivity index (χ2v) is 8.97. The van der Waals surface area contributed by atoms with E-state index in [4.69, 9.17) is 20.8 Å². The van der Waals surface area contributed by atoms with Crippen LogP contribution in [0.4, 0.5) is 5.69 Å². The number of aryl methyl sites for hydroxylation is 1. The number of nitrogens with one attached hydrogen (secondary N) is 1. The monoisotopic (exact) mass is 462 g/mol. The normalized spacial score (nSPS) is 11.2. The molecule has 164 valence electrons. The highest BCUT2D eigenvalue weighted by Gasteiger charge is 2.21. The molecule has 0 radical (unpaired) electrons. The molecule has 2 aromatic carbocycles. The maximum atomic E-state index is 12.9. The summed E-state index contributed by atoms with van der Waals surface area (Å²) in [6.07, 6.45) is 0. The number of sulfonamides is 1. The van der Waals surface area contributed by atoms with Gasteiger partial charge in [-0.25, -0.2) is 8.42 Å². The van der Waals surface area contributed by atoms with Gasteiger partial charge < -0.3 is 14.1 Å². The summed E-state index contributed by atoms with van der Waals surface area (Å²) in [7, 11) is -2.34. The highest BCUT2D eigenvalue weighted by molar-refractivity contribution is 7.92. The molecule has 7 nitrogen and oxygen atoms in total. The Morgan fingerprint density at radius 2 is 1.84 bits per heavy atom. The molecule has 0 saturated carbocycles. The summed E-state index contributed by atoms with van der Waals surface area (Å²) in [5.41, 5.74) is 0.457. The number of carbonyl (C=O) groups is 1. The number of rotatable bonds is 8. The summed E-state index contributed by atoms with van der Waals surface area (Å²) in [5.74, 6) is 1.57. The minimum Gasteiger partial charge on any atom is -0.494 e. The van der Waals surface area contributed by atoms with Gasteiger partial charge in [0.25, 0.3) is 15.9 Å². The van der Waals surface area contributed by atoms with E-state index in [1.807, 2.05) is 13.8 Å². The summed E-state index contributed by atoms with van der Waals surface area (Å²) in [6.45, 7) is 4.42. The first-order valence-corrected chi connectivity index (χ1v) is 11.4. The molecule has 0 fully saturated rings. The Kier molecular flexibility index (Phi) is 6.92. The van der Waals surface area contributed by atoms with Crippen molar-refractivity contribution in [1.29, 1.82) is 0 Å². The molecule has 1 N–H and O–H groups in total. The first-order chi connectivity index (χ1) is 14.7. The number of halogens is 1. The van der Waals surface area contributed by atoms with E-state index in [0.29, 0.717) is 23.8 Å². The maximum Gasteiger partial charge on any atom is 0.261 e. The van der Waals surface area contributed by atoms with Crippen LogP contribution in [0.15, 0.2) is 63.9 Å². The number of carbonyl (C=O) groups excluding carboxylic acids is 1. The third kappa shape index (κ3) is 5.59. The van der Waals surface area contributed by atoms with Crippen LogP contribution in [0.1, 0.15) is 28.8 Å². The van der Waals surface area contributed by atoms with E-state index in [1.54, 1.807) is 43.4 Å². The van der Waals surface area contributed by atoms with Crippen molar-refractivity contribution in [1.82, 2.24) is 4.90 Å². The first-order valence-electron chi connectivity index (χ1n) is 9.55. The van der Waals surface area contributed by atoms with Crippen molar-refractivity contribution in [2.75, 3.05) is 18.4 Å². The average molecular weight is 463 g/mol. The lowest BCUT2D eigenvalue weighted by Crippen LogP contribution is -2.26. The standard InChI is InChI=1S/C22H23ClN2O5S/c1-4-29-17-9-6-16(7-10-17)24-31(27,28)19-11-12-21(23)20(13-19)22(26)25(3)14-18-8-5-15(2)30-18/h5-13,24H,4,14H2,1-3H3. The molecule has 0 bridgehead atoms. The maximum absolute atomic E-state index is 12.9. The van der Waals surface area contributed by atoms with Gasteiger partial charge in [-0.05, 0) is 68.4 Å². The summed E-state index contributed by atoms with van der Waals surface area (Å²) >= 11 is 6.20. The van der Waals surface area contributed by atoms with Crippen LogP contribution in [0.5, 0.6) is 5.75 Å². The number of ether oxygens (including phenoxy) is 1. The Morgan fingerprint density at radius 3 is 2.45 bits per heavy atom. The van der Waals surface area contributed by atoms with Crippen molar-refractivity contribution >= 4 is 33.2 Å². The predicted molar refractivity (Wildman–Crippen MR) is 119 cm³/mol. The van der Waals surface area contributed by atoms with Crippen molar-refractivity contribution in [3.05, 3.63) is 76.7 Å².